The van der Waals surface area contributed by atoms with Gasteiger partial charge >= 0.3 is 0 Å². The van der Waals surface area contributed by atoms with Crippen LogP contribution in [0, 0.1) is 10.1 Å². The maximum atomic E-state index is 12.1. The minimum absolute atomic E-state index is 0.0944. The predicted octanol–water partition coefficient (Wildman–Crippen LogP) is 2.77. The highest BCUT2D eigenvalue weighted by atomic mass is 16.6. The van der Waals surface area contributed by atoms with Crippen LogP contribution >= 0.6 is 0 Å². The first kappa shape index (κ1) is 19.5. The smallest absolute Gasteiger partial charge is 0.271 e. The van der Waals surface area contributed by atoms with E-state index in [9.17, 15) is 14.9 Å². The van der Waals surface area contributed by atoms with Gasteiger partial charge in [-0.15, -0.1) is 0 Å². The zero-order valence-electron chi connectivity index (χ0n) is 15.6. The molecule has 0 saturated heterocycles. The molecule has 29 heavy (non-hydrogen) atoms. The monoisotopic (exact) mass is 395 g/mol. The molecule has 148 valence electrons. The predicted molar refractivity (Wildman–Crippen MR) is 105 cm³/mol. The standard InChI is InChI=1S/C19H17N5O5/c1-28-16-8-5-13(9-17(16)29-2)18-14(10-20-22-18)11-21-23-19(25)12-3-6-15(7-4-12)24(26)27/h3-11H,1-2H3,(H,20,22)(H,23,25). The fraction of sp³-hybridized carbons (Fsp3) is 0.105. The van der Waals surface area contributed by atoms with Crippen LogP contribution in [0.4, 0.5) is 5.69 Å². The third-order valence-electron chi connectivity index (χ3n) is 4.05. The van der Waals surface area contributed by atoms with Crippen LogP contribution in [0.25, 0.3) is 11.3 Å². The number of H-pyrrole nitrogens is 1. The number of carbonyl (C=O) groups excluding carboxylic acids is 1. The summed E-state index contributed by atoms with van der Waals surface area (Å²) in [6, 6.07) is 10.6. The number of hydrazone groups is 1. The van der Waals surface area contributed by atoms with Crippen LogP contribution < -0.4 is 14.9 Å². The number of amides is 1. The molecule has 10 nitrogen and oxygen atoms in total. The van der Waals surface area contributed by atoms with Crippen molar-refractivity contribution in [3.05, 3.63) is 69.9 Å². The van der Waals surface area contributed by atoms with Crippen LogP contribution in [-0.4, -0.2) is 41.5 Å². The summed E-state index contributed by atoms with van der Waals surface area (Å²) in [5.74, 6) is 0.669. The Balaban J connectivity index is 1.73. The van der Waals surface area contributed by atoms with E-state index in [0.29, 0.717) is 22.8 Å². The van der Waals surface area contributed by atoms with Crippen molar-refractivity contribution >= 4 is 17.8 Å². The Morgan fingerprint density at radius 1 is 1.17 bits per heavy atom. The van der Waals surface area contributed by atoms with Gasteiger partial charge in [-0.2, -0.15) is 10.2 Å². The van der Waals surface area contributed by atoms with Crippen LogP contribution in [0.1, 0.15) is 15.9 Å². The van der Waals surface area contributed by atoms with Gasteiger partial charge in [0, 0.05) is 28.8 Å². The lowest BCUT2D eigenvalue weighted by atomic mass is 10.1. The van der Waals surface area contributed by atoms with Gasteiger partial charge in [-0.3, -0.25) is 20.0 Å². The van der Waals surface area contributed by atoms with Crippen molar-refractivity contribution in [2.75, 3.05) is 14.2 Å². The molecule has 3 aromatic rings. The fourth-order valence-corrected chi connectivity index (χ4v) is 2.58. The topological polar surface area (TPSA) is 132 Å². The third-order valence-corrected chi connectivity index (χ3v) is 4.05. The summed E-state index contributed by atoms with van der Waals surface area (Å²) >= 11 is 0. The zero-order chi connectivity index (χ0) is 20.8. The van der Waals surface area contributed by atoms with Gasteiger partial charge in [0.2, 0.25) is 0 Å². The highest BCUT2D eigenvalue weighted by Gasteiger charge is 2.11. The number of carbonyl (C=O) groups is 1. The molecule has 0 aliphatic rings. The van der Waals surface area contributed by atoms with Crippen LogP contribution in [0.15, 0.2) is 53.8 Å². The van der Waals surface area contributed by atoms with E-state index in [-0.39, 0.29) is 11.3 Å². The van der Waals surface area contributed by atoms with E-state index in [1.54, 1.807) is 32.5 Å². The van der Waals surface area contributed by atoms with Gasteiger partial charge in [0.1, 0.15) is 0 Å². The van der Waals surface area contributed by atoms with Crippen molar-refractivity contribution in [3.63, 3.8) is 0 Å². The summed E-state index contributed by atoms with van der Waals surface area (Å²) in [4.78, 5) is 22.2. The molecule has 10 heteroatoms. The molecule has 2 aromatic carbocycles. The number of rotatable bonds is 7. The van der Waals surface area contributed by atoms with Gasteiger partial charge in [-0.25, -0.2) is 5.43 Å². The van der Waals surface area contributed by atoms with Crippen LogP contribution in [0.2, 0.25) is 0 Å². The molecule has 0 spiro atoms. The fourth-order valence-electron chi connectivity index (χ4n) is 2.58. The lowest BCUT2D eigenvalue weighted by Crippen LogP contribution is -2.17. The Labute approximate surface area is 165 Å². The Kier molecular flexibility index (Phi) is 5.83. The highest BCUT2D eigenvalue weighted by Crippen LogP contribution is 2.32. The second-order valence-corrected chi connectivity index (χ2v) is 5.77. The van der Waals surface area contributed by atoms with Gasteiger partial charge < -0.3 is 9.47 Å². The van der Waals surface area contributed by atoms with E-state index in [1.807, 2.05) is 6.07 Å². The minimum atomic E-state index is -0.533. The molecular formula is C19H17N5O5. The molecular weight excluding hydrogens is 378 g/mol. The summed E-state index contributed by atoms with van der Waals surface area (Å²) in [7, 11) is 3.10. The Morgan fingerprint density at radius 3 is 2.55 bits per heavy atom. The quantitative estimate of drug-likeness (QED) is 0.359. The van der Waals surface area contributed by atoms with Gasteiger partial charge in [-0.05, 0) is 30.3 Å². The van der Waals surface area contributed by atoms with E-state index in [0.717, 1.165) is 5.56 Å². The molecule has 0 aliphatic heterocycles. The Bertz CT molecular complexity index is 1060. The molecule has 1 amide bonds. The molecule has 0 radical (unpaired) electrons. The van der Waals surface area contributed by atoms with Crippen LogP contribution in [0.3, 0.4) is 0 Å². The zero-order valence-corrected chi connectivity index (χ0v) is 15.6. The molecule has 2 N–H and O–H groups in total. The number of nitrogens with zero attached hydrogens (tertiary/aromatic N) is 3. The number of hydrogen-bond acceptors (Lipinski definition) is 7. The second kappa shape index (κ2) is 8.65. The number of non-ortho nitro benzene ring substituents is 1. The maximum absolute atomic E-state index is 12.1. The van der Waals surface area contributed by atoms with Crippen molar-refractivity contribution < 1.29 is 19.2 Å². The van der Waals surface area contributed by atoms with Crippen molar-refractivity contribution in [2.45, 2.75) is 0 Å². The lowest BCUT2D eigenvalue weighted by Gasteiger charge is -2.09. The summed E-state index contributed by atoms with van der Waals surface area (Å²) in [5.41, 5.74) is 4.65. The van der Waals surface area contributed by atoms with E-state index in [1.165, 1.54) is 30.5 Å². The van der Waals surface area contributed by atoms with E-state index >= 15 is 0 Å². The number of methoxy groups -OCH3 is 2. The molecule has 0 bridgehead atoms. The van der Waals surface area contributed by atoms with E-state index in [2.05, 4.69) is 20.7 Å². The molecule has 1 aromatic heterocycles. The summed E-state index contributed by atoms with van der Waals surface area (Å²) in [6.45, 7) is 0. The van der Waals surface area contributed by atoms with E-state index < -0.39 is 10.8 Å². The van der Waals surface area contributed by atoms with Crippen LogP contribution in [-0.2, 0) is 0 Å². The second-order valence-electron chi connectivity index (χ2n) is 5.77. The number of nitrogens with one attached hydrogen (secondary N) is 2. The first-order chi connectivity index (χ1) is 14.0. The summed E-state index contributed by atoms with van der Waals surface area (Å²) < 4.78 is 10.5. The number of nitro groups is 1. The number of aromatic amines is 1. The molecule has 0 fully saturated rings. The SMILES string of the molecule is COc1ccc(-c2[nH]ncc2C=NNC(=O)c2ccc([N+](=O)[O-])cc2)cc1OC. The Morgan fingerprint density at radius 2 is 1.90 bits per heavy atom. The van der Waals surface area contributed by atoms with Crippen LogP contribution in [0.5, 0.6) is 11.5 Å². The molecule has 0 aliphatic carbocycles. The lowest BCUT2D eigenvalue weighted by molar-refractivity contribution is -0.384. The largest absolute Gasteiger partial charge is 0.493 e. The molecule has 3 rings (SSSR count). The average molecular weight is 395 g/mol. The van der Waals surface area contributed by atoms with Gasteiger partial charge in [0.15, 0.2) is 11.5 Å². The number of ether oxygens (including phenoxy) is 2. The van der Waals surface area contributed by atoms with E-state index in [4.69, 9.17) is 9.47 Å². The van der Waals surface area contributed by atoms with Crippen molar-refractivity contribution in [2.24, 2.45) is 5.10 Å². The first-order valence-electron chi connectivity index (χ1n) is 8.37. The third kappa shape index (κ3) is 4.38. The minimum Gasteiger partial charge on any atom is -0.493 e. The maximum Gasteiger partial charge on any atom is 0.271 e. The molecule has 1 heterocycles. The molecule has 0 unspecified atom stereocenters. The molecule has 0 saturated carbocycles. The number of nitro benzene ring substituents is 1. The van der Waals surface area contributed by atoms with Crippen molar-refractivity contribution in [3.8, 4) is 22.8 Å². The number of benzene rings is 2. The van der Waals surface area contributed by atoms with Crippen molar-refractivity contribution in [1.29, 1.82) is 0 Å². The summed E-state index contributed by atoms with van der Waals surface area (Å²) in [6.07, 6.45) is 3.01. The van der Waals surface area contributed by atoms with Gasteiger partial charge in [-0.1, -0.05) is 0 Å². The molecule has 0 atom stereocenters. The normalized spacial score (nSPS) is 10.7. The van der Waals surface area contributed by atoms with Gasteiger partial charge in [0.25, 0.3) is 11.6 Å². The number of aromatic nitrogens is 2. The number of hydrogen-bond donors (Lipinski definition) is 2. The average Bonchev–Trinajstić information content (AvgIpc) is 3.21. The first-order valence-corrected chi connectivity index (χ1v) is 8.37. The Hall–Kier alpha value is -4.21. The van der Waals surface area contributed by atoms with Crippen molar-refractivity contribution in [1.82, 2.24) is 15.6 Å². The van der Waals surface area contributed by atoms with Gasteiger partial charge in [0.05, 0.1) is 37.2 Å². The highest BCUT2D eigenvalue weighted by molar-refractivity contribution is 5.95. The summed E-state index contributed by atoms with van der Waals surface area (Å²) in [5, 5.41) is 21.5.